The average Bonchev–Trinajstić information content (AvgIpc) is 3.46. The fourth-order valence-electron chi connectivity index (χ4n) is 5.52. The first kappa shape index (κ1) is 23.5. The maximum Gasteiger partial charge on any atom is 0.511 e. The molecule has 1 saturated carbocycles. The van der Waals surface area contributed by atoms with Crippen molar-refractivity contribution >= 4 is 17.2 Å². The van der Waals surface area contributed by atoms with Crippen molar-refractivity contribution in [3.05, 3.63) is 47.8 Å². The van der Waals surface area contributed by atoms with Crippen molar-refractivity contribution in [1.82, 2.24) is 14.5 Å². The molecule has 1 aromatic heterocycles. The second-order valence-corrected chi connectivity index (χ2v) is 9.56. The molecule has 1 aliphatic carbocycles. The lowest BCUT2D eigenvalue weighted by Crippen LogP contribution is -2.34. The zero-order chi connectivity index (χ0) is 24.4. The summed E-state index contributed by atoms with van der Waals surface area (Å²) in [6, 6.07) is 12.0. The van der Waals surface area contributed by atoms with Gasteiger partial charge in [-0.1, -0.05) is 6.07 Å². The van der Waals surface area contributed by atoms with E-state index in [2.05, 4.69) is 26.6 Å². The van der Waals surface area contributed by atoms with E-state index in [1.165, 1.54) is 18.4 Å². The molecule has 0 atom stereocenters. The molecule has 8 heteroatoms. The Morgan fingerprint density at radius 2 is 1.83 bits per heavy atom. The van der Waals surface area contributed by atoms with Gasteiger partial charge >= 0.3 is 6.16 Å². The van der Waals surface area contributed by atoms with Crippen LogP contribution in [-0.2, 0) is 6.54 Å². The molecule has 186 valence electrons. The predicted molar refractivity (Wildman–Crippen MR) is 133 cm³/mol. The van der Waals surface area contributed by atoms with Crippen LogP contribution in [0.15, 0.2) is 36.4 Å². The molecular weight excluding hydrogens is 446 g/mol. The summed E-state index contributed by atoms with van der Waals surface area (Å²) in [5, 5.41) is 8.87. The summed E-state index contributed by atoms with van der Waals surface area (Å²) in [4.78, 5) is 18.0. The summed E-state index contributed by atoms with van der Waals surface area (Å²) in [6.07, 6.45) is 5.77. The predicted octanol–water partition coefficient (Wildman–Crippen LogP) is 5.57. The van der Waals surface area contributed by atoms with Gasteiger partial charge in [-0.05, 0) is 75.3 Å². The maximum atomic E-state index is 10.8. The van der Waals surface area contributed by atoms with E-state index in [0.717, 1.165) is 73.7 Å². The second-order valence-electron chi connectivity index (χ2n) is 9.56. The number of imidazole rings is 1. The van der Waals surface area contributed by atoms with Crippen molar-refractivity contribution < 1.29 is 24.1 Å². The normalized spacial score (nSPS) is 17.7. The minimum Gasteiger partial charge on any atom is -0.493 e. The molecule has 5 rings (SSSR count). The van der Waals surface area contributed by atoms with Crippen LogP contribution >= 0.6 is 0 Å². The van der Waals surface area contributed by atoms with Crippen LogP contribution in [0.4, 0.5) is 4.79 Å². The van der Waals surface area contributed by atoms with E-state index in [-0.39, 0.29) is 0 Å². The van der Waals surface area contributed by atoms with Gasteiger partial charge in [0.15, 0.2) is 11.5 Å². The summed E-state index contributed by atoms with van der Waals surface area (Å²) in [5.41, 5.74) is 3.02. The lowest BCUT2D eigenvalue weighted by molar-refractivity contribution is 0.144. The number of ether oxygens (including phenoxy) is 3. The van der Waals surface area contributed by atoms with E-state index in [9.17, 15) is 4.79 Å². The Kier molecular flexibility index (Phi) is 6.81. The number of hydrogen-bond acceptors (Lipinski definition) is 6. The highest BCUT2D eigenvalue weighted by molar-refractivity contribution is 5.79. The molecule has 35 heavy (non-hydrogen) atoms. The van der Waals surface area contributed by atoms with Gasteiger partial charge in [0.05, 0.1) is 24.2 Å². The smallest absolute Gasteiger partial charge is 0.493 e. The molecular formula is C27H33N3O5. The molecule has 1 saturated heterocycles. The molecule has 2 aliphatic rings. The molecule has 0 unspecified atom stereocenters. The number of fused-ring (bicyclic) bond motifs is 1. The Morgan fingerprint density at radius 3 is 2.54 bits per heavy atom. The Labute approximate surface area is 205 Å². The number of aryl methyl sites for hydroxylation is 1. The number of carbonyl (C=O) groups is 1. The maximum absolute atomic E-state index is 10.8. The summed E-state index contributed by atoms with van der Waals surface area (Å²) >= 11 is 0. The lowest BCUT2D eigenvalue weighted by Gasteiger charge is -2.33. The topological polar surface area (TPSA) is 86.0 Å². The number of rotatable bonds is 7. The zero-order valence-electron chi connectivity index (χ0n) is 20.4. The number of piperidine rings is 1. The first-order valence-corrected chi connectivity index (χ1v) is 12.5. The van der Waals surface area contributed by atoms with Crippen LogP contribution in [0.1, 0.15) is 56.0 Å². The Hall–Kier alpha value is -3.26. The van der Waals surface area contributed by atoms with Crippen molar-refractivity contribution in [1.29, 1.82) is 0 Å². The molecule has 0 spiro atoms. The van der Waals surface area contributed by atoms with E-state index >= 15 is 0 Å². The first-order chi connectivity index (χ1) is 17.0. The molecule has 1 N–H and O–H groups in total. The number of nitrogens with zero attached hydrogens (tertiary/aromatic N) is 3. The van der Waals surface area contributed by atoms with Gasteiger partial charge in [0.2, 0.25) is 0 Å². The molecule has 0 radical (unpaired) electrons. The summed E-state index contributed by atoms with van der Waals surface area (Å²) in [6.45, 7) is 4.88. The van der Waals surface area contributed by atoms with E-state index in [4.69, 9.17) is 19.3 Å². The van der Waals surface area contributed by atoms with Gasteiger partial charge in [-0.15, -0.1) is 0 Å². The van der Waals surface area contributed by atoms with Crippen LogP contribution in [0.5, 0.6) is 17.2 Å². The molecule has 8 nitrogen and oxygen atoms in total. The van der Waals surface area contributed by atoms with Gasteiger partial charge in [-0.25, -0.2) is 9.78 Å². The third-order valence-corrected chi connectivity index (χ3v) is 7.19. The van der Waals surface area contributed by atoms with Crippen molar-refractivity contribution in [3.8, 4) is 17.2 Å². The highest BCUT2D eigenvalue weighted by Gasteiger charge is 2.24. The highest BCUT2D eigenvalue weighted by atomic mass is 16.7. The monoisotopic (exact) mass is 479 g/mol. The number of benzene rings is 2. The van der Waals surface area contributed by atoms with Crippen LogP contribution < -0.4 is 14.2 Å². The highest BCUT2D eigenvalue weighted by Crippen LogP contribution is 2.34. The summed E-state index contributed by atoms with van der Waals surface area (Å²) < 4.78 is 18.9. The second kappa shape index (κ2) is 10.2. The molecule has 3 aromatic rings. The van der Waals surface area contributed by atoms with Crippen molar-refractivity contribution in [2.24, 2.45) is 0 Å². The van der Waals surface area contributed by atoms with Crippen molar-refractivity contribution in [2.75, 3.05) is 20.2 Å². The fourth-order valence-corrected chi connectivity index (χ4v) is 5.52. The van der Waals surface area contributed by atoms with Crippen LogP contribution in [0.25, 0.3) is 11.0 Å². The quantitative estimate of drug-likeness (QED) is 0.350. The molecule has 0 bridgehead atoms. The number of likely N-dealkylation sites (tertiary alicyclic amines) is 1. The molecule has 1 aliphatic heterocycles. The van der Waals surface area contributed by atoms with E-state index in [1.807, 2.05) is 19.1 Å². The minimum absolute atomic E-state index is 0.292. The lowest BCUT2D eigenvalue weighted by atomic mass is 10.0. The molecule has 2 aromatic carbocycles. The van der Waals surface area contributed by atoms with Crippen LogP contribution in [-0.4, -0.2) is 52.0 Å². The van der Waals surface area contributed by atoms with Crippen LogP contribution in [0, 0.1) is 6.92 Å². The van der Waals surface area contributed by atoms with E-state index in [0.29, 0.717) is 17.9 Å². The number of methoxy groups -OCH3 is 1. The largest absolute Gasteiger partial charge is 0.511 e. The Morgan fingerprint density at radius 1 is 1.06 bits per heavy atom. The van der Waals surface area contributed by atoms with Gasteiger partial charge in [0.1, 0.15) is 11.6 Å². The van der Waals surface area contributed by atoms with Crippen molar-refractivity contribution in [3.63, 3.8) is 0 Å². The van der Waals surface area contributed by atoms with Gasteiger partial charge < -0.3 is 23.9 Å². The van der Waals surface area contributed by atoms with Gasteiger partial charge in [0, 0.05) is 31.7 Å². The Balaban J connectivity index is 1.24. The van der Waals surface area contributed by atoms with Gasteiger partial charge in [0.25, 0.3) is 0 Å². The molecule has 2 fully saturated rings. The zero-order valence-corrected chi connectivity index (χ0v) is 20.4. The molecule has 2 heterocycles. The Bertz CT molecular complexity index is 1190. The summed E-state index contributed by atoms with van der Waals surface area (Å²) in [7, 11) is 1.70. The van der Waals surface area contributed by atoms with Gasteiger partial charge in [-0.2, -0.15) is 0 Å². The number of carboxylic acid groups (broad SMARTS) is 1. The molecule has 0 amide bonds. The SMILES string of the molecule is COc1ccc(CN2CCC(n3c(C)nc4cc(OC(=O)O)ccc43)CC2)cc1OC1CCCC1. The average molecular weight is 480 g/mol. The van der Waals surface area contributed by atoms with Crippen molar-refractivity contribution in [2.45, 2.75) is 64.1 Å². The number of hydrogen-bond donors (Lipinski definition) is 1. The third-order valence-electron chi connectivity index (χ3n) is 7.19. The first-order valence-electron chi connectivity index (χ1n) is 12.5. The number of aromatic nitrogens is 2. The van der Waals surface area contributed by atoms with E-state index < -0.39 is 6.16 Å². The summed E-state index contributed by atoms with van der Waals surface area (Å²) in [5.74, 6) is 2.90. The van der Waals surface area contributed by atoms with Crippen LogP contribution in [0.3, 0.4) is 0 Å². The van der Waals surface area contributed by atoms with Gasteiger partial charge in [-0.3, -0.25) is 4.90 Å². The minimum atomic E-state index is -1.32. The van der Waals surface area contributed by atoms with E-state index in [1.54, 1.807) is 19.2 Å². The standard InChI is InChI=1S/C27H33N3O5/c1-18-28-23-16-22(35-27(31)32)8-9-24(23)30(18)20-11-13-29(14-12-20)17-19-7-10-25(33-2)26(15-19)34-21-5-3-4-6-21/h7-10,15-16,20-21H,3-6,11-14,17H2,1-2H3,(H,31,32). The third kappa shape index (κ3) is 5.22. The fraction of sp³-hybridized carbons (Fsp3) is 0.481. The van der Waals surface area contributed by atoms with Crippen LogP contribution in [0.2, 0.25) is 0 Å².